The number of anilines is 1. The second-order valence-electron chi connectivity index (χ2n) is 7.33. The van der Waals surface area contributed by atoms with Gasteiger partial charge in [-0.3, -0.25) is 4.79 Å². The molecule has 1 saturated heterocycles. The summed E-state index contributed by atoms with van der Waals surface area (Å²) in [5.41, 5.74) is 1.12. The first kappa shape index (κ1) is 16.2. The van der Waals surface area contributed by atoms with Gasteiger partial charge in [-0.15, -0.1) is 0 Å². The normalized spacial score (nSPS) is 22.8. The lowest BCUT2D eigenvalue weighted by atomic mass is 9.89. The average Bonchev–Trinajstić information content (AvgIpc) is 2.88. The van der Waals surface area contributed by atoms with Crippen LogP contribution in [-0.4, -0.2) is 39.9 Å². The van der Waals surface area contributed by atoms with Gasteiger partial charge in [0.05, 0.1) is 6.04 Å². The maximum absolute atomic E-state index is 12.3. The Kier molecular flexibility index (Phi) is 5.13. The minimum Gasteiger partial charge on any atom is -0.365 e. The van der Waals surface area contributed by atoms with Gasteiger partial charge in [0.1, 0.15) is 12.1 Å². The fourth-order valence-corrected chi connectivity index (χ4v) is 3.80. The third-order valence-corrected chi connectivity index (χ3v) is 5.12. The molecule has 1 aromatic rings. The Labute approximate surface area is 138 Å². The van der Waals surface area contributed by atoms with Gasteiger partial charge in [0.15, 0.2) is 0 Å². The first-order valence-corrected chi connectivity index (χ1v) is 8.97. The summed E-state index contributed by atoms with van der Waals surface area (Å²) in [7, 11) is 0. The van der Waals surface area contributed by atoms with Gasteiger partial charge in [-0.05, 0) is 24.7 Å². The molecule has 0 aromatic carbocycles. The molecule has 1 aliphatic carbocycles. The molecule has 1 atom stereocenters. The van der Waals surface area contributed by atoms with E-state index in [2.05, 4.69) is 34.0 Å². The lowest BCUT2D eigenvalue weighted by Crippen LogP contribution is -2.33. The van der Waals surface area contributed by atoms with E-state index in [1.807, 2.05) is 6.20 Å². The van der Waals surface area contributed by atoms with Crippen LogP contribution in [0.5, 0.6) is 0 Å². The molecule has 1 saturated carbocycles. The third-order valence-electron chi connectivity index (χ3n) is 5.12. The molecule has 23 heavy (non-hydrogen) atoms. The maximum Gasteiger partial charge on any atom is 0.224 e. The summed E-state index contributed by atoms with van der Waals surface area (Å²) in [5, 5.41) is 3.47. The monoisotopic (exact) mass is 316 g/mol. The van der Waals surface area contributed by atoms with Crippen LogP contribution in [0, 0.1) is 5.92 Å². The summed E-state index contributed by atoms with van der Waals surface area (Å²) < 4.78 is 0. The van der Waals surface area contributed by atoms with Crippen molar-refractivity contribution in [3.63, 3.8) is 0 Å². The predicted molar refractivity (Wildman–Crippen MR) is 91.3 cm³/mol. The van der Waals surface area contributed by atoms with Crippen molar-refractivity contribution >= 4 is 11.7 Å². The number of aromatic nitrogens is 2. The van der Waals surface area contributed by atoms with Gasteiger partial charge in [0.2, 0.25) is 5.91 Å². The average molecular weight is 316 g/mol. The fourth-order valence-electron chi connectivity index (χ4n) is 3.80. The molecule has 5 nitrogen and oxygen atoms in total. The zero-order valence-electron chi connectivity index (χ0n) is 14.3. The predicted octanol–water partition coefficient (Wildman–Crippen LogP) is 3.19. The number of carbonyl (C=O) groups excluding carboxylic acids is 1. The van der Waals surface area contributed by atoms with Crippen molar-refractivity contribution in [3.05, 3.63) is 18.1 Å². The lowest BCUT2D eigenvalue weighted by molar-refractivity contribution is -0.128. The van der Waals surface area contributed by atoms with Crippen molar-refractivity contribution in [1.29, 1.82) is 0 Å². The van der Waals surface area contributed by atoms with Crippen LogP contribution in [-0.2, 0) is 4.79 Å². The van der Waals surface area contributed by atoms with Gasteiger partial charge in [-0.2, -0.15) is 0 Å². The topological polar surface area (TPSA) is 58.1 Å². The van der Waals surface area contributed by atoms with Crippen molar-refractivity contribution in [1.82, 2.24) is 14.9 Å². The fraction of sp³-hybridized carbons (Fsp3) is 0.722. The SMILES string of the molecule is CC(C)c1cncnc1N[C@@H]1CC(=O)N(CC2CCCCC2)C1. The minimum absolute atomic E-state index is 0.165. The zero-order valence-corrected chi connectivity index (χ0v) is 14.3. The first-order valence-electron chi connectivity index (χ1n) is 8.97. The Balaban J connectivity index is 1.59. The Bertz CT molecular complexity index is 540. The van der Waals surface area contributed by atoms with Gasteiger partial charge in [0.25, 0.3) is 0 Å². The molecule has 1 amide bonds. The van der Waals surface area contributed by atoms with E-state index in [-0.39, 0.29) is 11.9 Å². The highest BCUT2D eigenvalue weighted by Gasteiger charge is 2.32. The Morgan fingerprint density at radius 3 is 2.83 bits per heavy atom. The van der Waals surface area contributed by atoms with E-state index in [1.165, 1.54) is 32.1 Å². The highest BCUT2D eigenvalue weighted by Crippen LogP contribution is 2.27. The Hall–Kier alpha value is -1.65. The lowest BCUT2D eigenvalue weighted by Gasteiger charge is -2.27. The molecule has 2 aliphatic rings. The molecular formula is C18H28N4O. The molecule has 2 fully saturated rings. The molecule has 1 N–H and O–H groups in total. The molecule has 1 aliphatic heterocycles. The number of amides is 1. The maximum atomic E-state index is 12.3. The summed E-state index contributed by atoms with van der Waals surface area (Å²) in [5.74, 6) is 2.24. The van der Waals surface area contributed by atoms with Crippen LogP contribution in [0.1, 0.15) is 63.9 Å². The molecule has 0 spiro atoms. The van der Waals surface area contributed by atoms with Crippen molar-refractivity contribution in [2.75, 3.05) is 18.4 Å². The van der Waals surface area contributed by atoms with Crippen LogP contribution < -0.4 is 5.32 Å². The number of hydrogen-bond acceptors (Lipinski definition) is 4. The van der Waals surface area contributed by atoms with Crippen molar-refractivity contribution in [3.8, 4) is 0 Å². The number of nitrogens with one attached hydrogen (secondary N) is 1. The molecule has 2 heterocycles. The number of nitrogens with zero attached hydrogens (tertiary/aromatic N) is 3. The summed E-state index contributed by atoms with van der Waals surface area (Å²) in [6.45, 7) is 6.02. The van der Waals surface area contributed by atoms with E-state index in [1.54, 1.807) is 6.33 Å². The van der Waals surface area contributed by atoms with E-state index >= 15 is 0 Å². The highest BCUT2D eigenvalue weighted by atomic mass is 16.2. The van der Waals surface area contributed by atoms with Crippen LogP contribution in [0.4, 0.5) is 5.82 Å². The molecule has 0 unspecified atom stereocenters. The van der Waals surface area contributed by atoms with Crippen LogP contribution in [0.25, 0.3) is 0 Å². The quantitative estimate of drug-likeness (QED) is 0.906. The number of likely N-dealkylation sites (tertiary alicyclic amines) is 1. The zero-order chi connectivity index (χ0) is 16.2. The molecule has 5 heteroatoms. The van der Waals surface area contributed by atoms with Crippen molar-refractivity contribution < 1.29 is 4.79 Å². The van der Waals surface area contributed by atoms with Gasteiger partial charge >= 0.3 is 0 Å². The van der Waals surface area contributed by atoms with E-state index in [4.69, 9.17) is 0 Å². The van der Waals surface area contributed by atoms with Crippen LogP contribution in [0.2, 0.25) is 0 Å². The minimum atomic E-state index is 0.165. The van der Waals surface area contributed by atoms with Gasteiger partial charge in [-0.25, -0.2) is 9.97 Å². The van der Waals surface area contributed by atoms with E-state index in [0.717, 1.165) is 24.5 Å². The van der Waals surface area contributed by atoms with Crippen LogP contribution >= 0.6 is 0 Å². The van der Waals surface area contributed by atoms with Gasteiger partial charge < -0.3 is 10.2 Å². The smallest absolute Gasteiger partial charge is 0.224 e. The third kappa shape index (κ3) is 4.01. The second kappa shape index (κ2) is 7.28. The van der Waals surface area contributed by atoms with Crippen molar-refractivity contribution in [2.24, 2.45) is 5.92 Å². The van der Waals surface area contributed by atoms with E-state index < -0.39 is 0 Å². The number of rotatable bonds is 5. The van der Waals surface area contributed by atoms with E-state index in [9.17, 15) is 4.79 Å². The summed E-state index contributed by atoms with van der Waals surface area (Å²) >= 11 is 0. The van der Waals surface area contributed by atoms with Crippen LogP contribution in [0.3, 0.4) is 0 Å². The Morgan fingerprint density at radius 1 is 1.30 bits per heavy atom. The number of carbonyl (C=O) groups is 1. The molecule has 0 radical (unpaired) electrons. The standard InChI is InChI=1S/C18H28N4O/c1-13(2)16-9-19-12-20-18(16)21-15-8-17(23)22(11-15)10-14-6-4-3-5-7-14/h9,12-15H,3-8,10-11H2,1-2H3,(H,19,20,21)/t15-/m1/s1. The molecule has 0 bridgehead atoms. The van der Waals surface area contributed by atoms with Gasteiger partial charge in [0, 0.05) is 31.3 Å². The van der Waals surface area contributed by atoms with Gasteiger partial charge in [-0.1, -0.05) is 33.1 Å². The van der Waals surface area contributed by atoms with Crippen LogP contribution in [0.15, 0.2) is 12.5 Å². The molecule has 1 aromatic heterocycles. The van der Waals surface area contributed by atoms with E-state index in [0.29, 0.717) is 18.3 Å². The molecule has 3 rings (SSSR count). The number of hydrogen-bond donors (Lipinski definition) is 1. The highest BCUT2D eigenvalue weighted by molar-refractivity contribution is 5.80. The summed E-state index contributed by atoms with van der Waals surface area (Å²) in [6.07, 6.45) is 10.6. The summed E-state index contributed by atoms with van der Waals surface area (Å²) in [6, 6.07) is 0.165. The first-order chi connectivity index (χ1) is 11.1. The molecule has 126 valence electrons. The largest absolute Gasteiger partial charge is 0.365 e. The van der Waals surface area contributed by atoms with Crippen molar-refractivity contribution in [2.45, 2.75) is 64.3 Å². The second-order valence-corrected chi connectivity index (χ2v) is 7.33. The Morgan fingerprint density at radius 2 is 2.09 bits per heavy atom. The summed E-state index contributed by atoms with van der Waals surface area (Å²) in [4.78, 5) is 22.9. The molecular weight excluding hydrogens is 288 g/mol.